The molecule has 0 radical (unpaired) electrons. The zero-order valence-electron chi connectivity index (χ0n) is 13.0. The number of rotatable bonds is 4. The lowest BCUT2D eigenvalue weighted by atomic mass is 9.95. The fraction of sp³-hybridized carbons (Fsp3) is 0.562. The summed E-state index contributed by atoms with van der Waals surface area (Å²) in [6.45, 7) is 14.1. The minimum atomic E-state index is -0.371. The molecular weight excluding hydrogens is 236 g/mol. The lowest BCUT2D eigenvalue weighted by Crippen LogP contribution is -2.28. The second-order valence-corrected chi connectivity index (χ2v) is 5.88. The van der Waals surface area contributed by atoms with Crippen LogP contribution in [0.3, 0.4) is 0 Å². The molecule has 3 heteroatoms. The van der Waals surface area contributed by atoms with E-state index in [-0.39, 0.29) is 11.3 Å². The van der Waals surface area contributed by atoms with Crippen molar-refractivity contribution in [3.05, 3.63) is 23.8 Å². The Morgan fingerprint density at radius 3 is 2.21 bits per heavy atom. The van der Waals surface area contributed by atoms with Crippen molar-refractivity contribution in [3.63, 3.8) is 0 Å². The van der Waals surface area contributed by atoms with E-state index in [9.17, 15) is 4.79 Å². The topological polar surface area (TPSA) is 32.3 Å². The Kier molecular flexibility index (Phi) is 4.98. The van der Waals surface area contributed by atoms with Gasteiger partial charge in [0, 0.05) is 29.9 Å². The molecule has 0 aromatic heterocycles. The normalized spacial score (nSPS) is 11.3. The summed E-state index contributed by atoms with van der Waals surface area (Å²) in [6, 6.07) is 6.19. The minimum absolute atomic E-state index is 0.0474. The molecule has 0 saturated heterocycles. The van der Waals surface area contributed by atoms with E-state index >= 15 is 0 Å². The first-order valence-corrected chi connectivity index (χ1v) is 6.96. The lowest BCUT2D eigenvalue weighted by Gasteiger charge is -2.23. The number of carbonyl (C=O) groups is 1. The van der Waals surface area contributed by atoms with Crippen LogP contribution in [0.2, 0.25) is 0 Å². The molecule has 3 nitrogen and oxygen atoms in total. The van der Waals surface area contributed by atoms with Gasteiger partial charge in [-0.15, -0.1) is 0 Å². The number of hydrogen-bond donors (Lipinski definition) is 1. The van der Waals surface area contributed by atoms with Gasteiger partial charge in [-0.05, 0) is 44.5 Å². The highest BCUT2D eigenvalue weighted by molar-refractivity contribution is 5.95. The van der Waals surface area contributed by atoms with Gasteiger partial charge in [-0.3, -0.25) is 4.79 Å². The Bertz CT molecular complexity index is 443. The third kappa shape index (κ3) is 3.98. The monoisotopic (exact) mass is 262 g/mol. The zero-order chi connectivity index (χ0) is 14.6. The number of nitrogens with one attached hydrogen (secondary N) is 1. The molecule has 0 fully saturated rings. The van der Waals surface area contributed by atoms with E-state index in [1.54, 1.807) is 0 Å². The van der Waals surface area contributed by atoms with Crippen molar-refractivity contribution in [1.82, 2.24) is 0 Å². The quantitative estimate of drug-likeness (QED) is 0.894. The maximum Gasteiger partial charge on any atom is 0.229 e. The van der Waals surface area contributed by atoms with E-state index in [2.05, 4.69) is 36.2 Å². The summed E-state index contributed by atoms with van der Waals surface area (Å²) in [4.78, 5) is 14.3. The van der Waals surface area contributed by atoms with Crippen molar-refractivity contribution in [2.75, 3.05) is 23.3 Å². The molecule has 0 aliphatic carbocycles. The van der Waals surface area contributed by atoms with E-state index in [1.807, 2.05) is 33.8 Å². The van der Waals surface area contributed by atoms with Crippen LogP contribution in [0, 0.1) is 12.3 Å². The van der Waals surface area contributed by atoms with Crippen LogP contribution in [0.15, 0.2) is 18.2 Å². The second kappa shape index (κ2) is 6.09. The second-order valence-electron chi connectivity index (χ2n) is 5.88. The van der Waals surface area contributed by atoms with E-state index in [0.29, 0.717) is 0 Å². The smallest absolute Gasteiger partial charge is 0.229 e. The van der Waals surface area contributed by atoms with Crippen LogP contribution in [0.1, 0.15) is 40.2 Å². The maximum absolute atomic E-state index is 12.0. The average Bonchev–Trinajstić information content (AvgIpc) is 2.32. The van der Waals surface area contributed by atoms with Gasteiger partial charge in [0.1, 0.15) is 0 Å². The molecule has 1 N–H and O–H groups in total. The molecule has 0 atom stereocenters. The minimum Gasteiger partial charge on any atom is -0.372 e. The summed E-state index contributed by atoms with van der Waals surface area (Å²) in [7, 11) is 0. The predicted octanol–water partition coefficient (Wildman–Crippen LogP) is 3.83. The number of amides is 1. The van der Waals surface area contributed by atoms with Gasteiger partial charge in [-0.1, -0.05) is 20.8 Å². The van der Waals surface area contributed by atoms with Crippen molar-refractivity contribution < 1.29 is 4.79 Å². The molecule has 19 heavy (non-hydrogen) atoms. The van der Waals surface area contributed by atoms with Gasteiger partial charge >= 0.3 is 0 Å². The summed E-state index contributed by atoms with van der Waals surface area (Å²) in [5.74, 6) is 0.0474. The van der Waals surface area contributed by atoms with Crippen molar-refractivity contribution in [3.8, 4) is 0 Å². The highest BCUT2D eigenvalue weighted by Gasteiger charge is 2.21. The molecule has 106 valence electrons. The van der Waals surface area contributed by atoms with Gasteiger partial charge in [0.15, 0.2) is 0 Å². The predicted molar refractivity (Wildman–Crippen MR) is 82.8 cm³/mol. The van der Waals surface area contributed by atoms with Gasteiger partial charge in [0.2, 0.25) is 5.91 Å². The van der Waals surface area contributed by atoms with Crippen molar-refractivity contribution in [2.24, 2.45) is 5.41 Å². The first kappa shape index (κ1) is 15.5. The third-order valence-electron chi connectivity index (χ3n) is 3.27. The molecular formula is C16H26N2O. The summed E-state index contributed by atoms with van der Waals surface area (Å²) in [5.41, 5.74) is 2.83. The summed E-state index contributed by atoms with van der Waals surface area (Å²) < 4.78 is 0. The molecule has 0 unspecified atom stereocenters. The fourth-order valence-corrected chi connectivity index (χ4v) is 1.88. The molecule has 0 heterocycles. The van der Waals surface area contributed by atoms with Crippen LogP contribution in [-0.2, 0) is 4.79 Å². The zero-order valence-corrected chi connectivity index (χ0v) is 13.0. The van der Waals surface area contributed by atoms with Gasteiger partial charge < -0.3 is 10.2 Å². The standard InChI is InChI=1S/C16H26N2O/c1-7-18(8-2)13-9-10-14(12(3)11-13)17-15(19)16(4,5)6/h9-11H,7-8H2,1-6H3,(H,17,19). The lowest BCUT2D eigenvalue weighted by molar-refractivity contribution is -0.123. The summed E-state index contributed by atoms with van der Waals surface area (Å²) >= 11 is 0. The SMILES string of the molecule is CCN(CC)c1ccc(NC(=O)C(C)(C)C)c(C)c1. The number of carbonyl (C=O) groups excluding carboxylic acids is 1. The maximum atomic E-state index is 12.0. The molecule has 1 rings (SSSR count). The molecule has 0 spiro atoms. The first-order chi connectivity index (χ1) is 8.79. The van der Waals surface area contributed by atoms with Crippen molar-refractivity contribution >= 4 is 17.3 Å². The number of benzene rings is 1. The highest BCUT2D eigenvalue weighted by Crippen LogP contribution is 2.24. The van der Waals surface area contributed by atoms with Gasteiger partial charge in [0.25, 0.3) is 0 Å². The number of hydrogen-bond acceptors (Lipinski definition) is 2. The summed E-state index contributed by atoms with van der Waals surface area (Å²) in [5, 5.41) is 2.99. The van der Waals surface area contributed by atoms with Crippen molar-refractivity contribution in [2.45, 2.75) is 41.5 Å². The number of anilines is 2. The van der Waals surface area contributed by atoms with Crippen LogP contribution < -0.4 is 10.2 Å². The fourth-order valence-electron chi connectivity index (χ4n) is 1.88. The Balaban J connectivity index is 2.92. The largest absolute Gasteiger partial charge is 0.372 e. The Labute approximate surface area is 117 Å². The van der Waals surface area contributed by atoms with E-state index in [0.717, 1.165) is 24.3 Å². The third-order valence-corrected chi connectivity index (χ3v) is 3.27. The Morgan fingerprint density at radius 1 is 1.21 bits per heavy atom. The molecule has 1 aromatic carbocycles. The molecule has 0 aliphatic heterocycles. The molecule has 1 amide bonds. The average molecular weight is 262 g/mol. The van der Waals surface area contributed by atoms with Crippen molar-refractivity contribution in [1.29, 1.82) is 0 Å². The van der Waals surface area contributed by atoms with Gasteiger partial charge in [-0.2, -0.15) is 0 Å². The molecule has 0 saturated carbocycles. The number of nitrogens with zero attached hydrogens (tertiary/aromatic N) is 1. The molecule has 0 aliphatic rings. The van der Waals surface area contributed by atoms with E-state index < -0.39 is 0 Å². The van der Waals surface area contributed by atoms with Crippen LogP contribution in [0.5, 0.6) is 0 Å². The van der Waals surface area contributed by atoms with Gasteiger partial charge in [0.05, 0.1) is 0 Å². The van der Waals surface area contributed by atoms with Crippen LogP contribution in [-0.4, -0.2) is 19.0 Å². The Hall–Kier alpha value is -1.51. The molecule has 0 bridgehead atoms. The molecule has 1 aromatic rings. The highest BCUT2D eigenvalue weighted by atomic mass is 16.2. The van der Waals surface area contributed by atoms with Crippen LogP contribution in [0.4, 0.5) is 11.4 Å². The first-order valence-electron chi connectivity index (χ1n) is 6.96. The summed E-state index contributed by atoms with van der Waals surface area (Å²) in [6.07, 6.45) is 0. The number of aryl methyl sites for hydroxylation is 1. The Morgan fingerprint density at radius 2 is 1.79 bits per heavy atom. The van der Waals surface area contributed by atoms with E-state index in [4.69, 9.17) is 0 Å². The van der Waals surface area contributed by atoms with Gasteiger partial charge in [-0.25, -0.2) is 0 Å². The van der Waals surface area contributed by atoms with E-state index in [1.165, 1.54) is 5.69 Å². The van der Waals surface area contributed by atoms with Crippen LogP contribution in [0.25, 0.3) is 0 Å². The van der Waals surface area contributed by atoms with Crippen LogP contribution >= 0.6 is 0 Å².